The van der Waals surface area contributed by atoms with E-state index in [4.69, 9.17) is 61.0 Å². The van der Waals surface area contributed by atoms with Crippen LogP contribution < -0.4 is 27.8 Å². The van der Waals surface area contributed by atoms with Gasteiger partial charge < -0.3 is 65.5 Å². The van der Waals surface area contributed by atoms with E-state index in [0.717, 1.165) is 149 Å². The molecule has 3 saturated carbocycles. The highest BCUT2D eigenvalue weighted by Crippen LogP contribution is 2.53. The summed E-state index contributed by atoms with van der Waals surface area (Å²) in [7, 11) is 12.4. The van der Waals surface area contributed by atoms with Crippen LogP contribution in [0.1, 0.15) is 143 Å². The first-order valence-electron chi connectivity index (χ1n) is 45.1. The highest BCUT2D eigenvalue weighted by atomic mass is 16.5. The summed E-state index contributed by atoms with van der Waals surface area (Å²) in [6.07, 6.45) is 26.5. The van der Waals surface area contributed by atoms with E-state index in [0.29, 0.717) is 87.2 Å². The lowest BCUT2D eigenvalue weighted by Crippen LogP contribution is -2.44. The summed E-state index contributed by atoms with van der Waals surface area (Å²) in [4.78, 5) is 93.7. The third-order valence-electron chi connectivity index (χ3n) is 26.8. The van der Waals surface area contributed by atoms with E-state index in [1.54, 1.807) is 124 Å². The Bertz CT molecular complexity index is 6410. The Balaban J connectivity index is 0.000000131. The number of carbonyl (C=O) groups excluding carboxylic acids is 3. The normalized spacial score (nSPS) is 15.7. The molecule has 37 heteroatoms. The second-order valence-electron chi connectivity index (χ2n) is 36.8. The Morgan fingerprint density at radius 3 is 1.13 bits per heavy atom. The number of amides is 3. The molecule has 3 aliphatic carbocycles. The monoisotopic (exact) mass is 1820 g/mol. The molecule has 4 unspecified atom stereocenters. The van der Waals surface area contributed by atoms with Crippen molar-refractivity contribution in [2.24, 2.45) is 23.7 Å². The fraction of sp³-hybridized carbons (Fsp3) is 0.378. The van der Waals surface area contributed by atoms with E-state index in [1.165, 1.54) is 21.1 Å². The maximum atomic E-state index is 12.0. The standard InChI is InChI=1S/C26H29N7O2.2C25H28N8O2.C22H29N7O/c1-16-21(11-12-22(27)29-16)17-5-7-19(8-6-17)26(2,20-9-10-20)25-30-24(35-31-25)18-13-28-33(14-18)15-23(34)32(3)4;1-15-22(27-12-20(26)29-15)16-5-7-18(8-6-16)25(2,19-9-10-19)24-30-23(35-31-24)17-11-28-33(13-17)14-21(34)32(3)4;1-25(19-5-4-6-19,20-9-7-16(8-10-20)17-11-27-24(26)28-12-17)23-30-22(35-31-23)18-13-29-33(14-18)15-21(34)32(2)3;1-15(2)22(3,19-26-21(30-27-19)29-11-9-28(4)10-12-29)18-7-5-16(6-8-18)17-13-24-20(23)25-14-17/h5-8,11-14,20H,9-10,15H2,1-4H3,(H2,27,29);5-8,11-13,19H,9-10,14H2,1-4H3,(H2,26,29);7-14,19H,4-6,15H2,1-3H3,(H2,26,27,28);5-8,13-15H,9-12H2,1-4H3,(H2,23,24,25). The molecule has 37 nitrogen and oxygen atoms in total. The van der Waals surface area contributed by atoms with E-state index in [1.807, 2.05) is 26.0 Å². The SMILES string of the molecule is CC(C)C(C)(c1ccc(-c2cnc(N)nc2)cc1)c1noc(N2CCN(C)CC2)n1.CN(C)C(=O)Cn1cc(-c2nc(C(C)(c3ccc(-c4cnc(N)nc4)cc3)C3CCC3)no2)cn1.Cc1nc(N)ccc1-c1ccc(C(C)(c2noc(-c3cnn(CC(=O)N(C)C)c3)n2)C2CC2)cc1.Cc1nc(N)cnc1-c1ccc(C(C)(c2noc(-c3cnn(CC(=O)N(C)C)c3)n2)C2CC2)cc1. The highest BCUT2D eigenvalue weighted by Gasteiger charge is 2.50. The number of piperazine rings is 1. The van der Waals surface area contributed by atoms with Gasteiger partial charge in [0, 0.05) is 140 Å². The summed E-state index contributed by atoms with van der Waals surface area (Å²) in [6, 6.07) is 38.0. The molecule has 0 bridgehead atoms. The van der Waals surface area contributed by atoms with Crippen LogP contribution in [0.2, 0.25) is 0 Å². The van der Waals surface area contributed by atoms with Crippen molar-refractivity contribution in [1.29, 1.82) is 0 Å². The van der Waals surface area contributed by atoms with Gasteiger partial charge in [0.15, 0.2) is 23.3 Å². The second kappa shape index (κ2) is 38.9. The molecule has 1 aliphatic heterocycles. The fourth-order valence-electron chi connectivity index (χ4n) is 17.0. The molecule has 4 aromatic carbocycles. The van der Waals surface area contributed by atoms with Crippen LogP contribution in [0.4, 0.5) is 29.5 Å². The van der Waals surface area contributed by atoms with Gasteiger partial charge in [0.2, 0.25) is 29.6 Å². The van der Waals surface area contributed by atoms with Crippen LogP contribution in [0.3, 0.4) is 0 Å². The Morgan fingerprint density at radius 2 is 0.763 bits per heavy atom. The van der Waals surface area contributed by atoms with E-state index >= 15 is 0 Å². The van der Waals surface area contributed by atoms with Gasteiger partial charge in [0.25, 0.3) is 17.7 Å². The van der Waals surface area contributed by atoms with Crippen molar-refractivity contribution >= 4 is 47.3 Å². The number of rotatable bonds is 26. The van der Waals surface area contributed by atoms with E-state index in [-0.39, 0.29) is 71.4 Å². The molecular formula is C98H114N30O7. The van der Waals surface area contributed by atoms with Crippen molar-refractivity contribution in [3.63, 3.8) is 0 Å². The summed E-state index contributed by atoms with van der Waals surface area (Å²) < 4.78 is 27.4. The third kappa shape index (κ3) is 20.1. The van der Waals surface area contributed by atoms with E-state index in [2.05, 4.69) is 226 Å². The van der Waals surface area contributed by atoms with Gasteiger partial charge in [0.1, 0.15) is 31.3 Å². The molecule has 0 radical (unpaired) electrons. The zero-order chi connectivity index (χ0) is 95.4. The van der Waals surface area contributed by atoms with Crippen molar-refractivity contribution < 1.29 is 32.5 Å². The van der Waals surface area contributed by atoms with Gasteiger partial charge in [-0.2, -0.15) is 35.2 Å². The van der Waals surface area contributed by atoms with Crippen LogP contribution in [-0.2, 0) is 55.7 Å². The largest absolute Gasteiger partial charge is 0.384 e. The van der Waals surface area contributed by atoms with Gasteiger partial charge >= 0.3 is 6.01 Å². The first kappa shape index (κ1) is 93.1. The number of likely N-dealkylation sites (N-methyl/N-ethyl adjacent to an activating group) is 4. The molecule has 1 saturated heterocycles. The molecule has 4 aliphatic rings. The number of nitrogen functional groups attached to an aromatic ring is 4. The van der Waals surface area contributed by atoms with Gasteiger partial charge in [0.05, 0.1) is 74.5 Å². The average molecular weight is 1820 g/mol. The predicted molar refractivity (Wildman–Crippen MR) is 509 cm³/mol. The van der Waals surface area contributed by atoms with Gasteiger partial charge in [-0.15, -0.1) is 0 Å². The highest BCUT2D eigenvalue weighted by molar-refractivity contribution is 5.77. The predicted octanol–water partition coefficient (Wildman–Crippen LogP) is 12.8. The van der Waals surface area contributed by atoms with Crippen LogP contribution in [0.15, 0.2) is 195 Å². The number of aryl methyl sites for hydroxylation is 2. The molecule has 4 atom stereocenters. The molecule has 15 aromatic rings. The van der Waals surface area contributed by atoms with Gasteiger partial charge in [-0.25, -0.2) is 29.9 Å². The minimum atomic E-state index is -0.396. The molecule has 0 spiro atoms. The number of benzene rings is 4. The van der Waals surface area contributed by atoms with Crippen LogP contribution >= 0.6 is 0 Å². The lowest BCUT2D eigenvalue weighted by molar-refractivity contribution is -0.130. The Morgan fingerprint density at radius 1 is 0.393 bits per heavy atom. The molecule has 11 aromatic heterocycles. The molecule has 698 valence electrons. The molecule has 135 heavy (non-hydrogen) atoms. The topological polar surface area (TPSA) is 471 Å². The number of nitrogens with zero attached hydrogens (tertiary/aromatic N) is 26. The maximum Gasteiger partial charge on any atom is 0.324 e. The maximum absolute atomic E-state index is 12.0. The summed E-state index contributed by atoms with van der Waals surface area (Å²) in [5, 5.41) is 30.4. The van der Waals surface area contributed by atoms with Crippen LogP contribution in [0.5, 0.6) is 0 Å². The molecule has 19 rings (SSSR count). The second-order valence-corrected chi connectivity index (χ2v) is 36.8. The minimum absolute atomic E-state index is 0.0411. The number of hydrogen-bond acceptors (Lipinski definition) is 31. The first-order valence-corrected chi connectivity index (χ1v) is 45.1. The van der Waals surface area contributed by atoms with E-state index < -0.39 is 5.41 Å². The molecule has 8 N–H and O–H groups in total. The Kier molecular flexibility index (Phi) is 26.8. The number of pyridine rings is 1. The lowest BCUT2D eigenvalue weighted by Gasteiger charge is -2.41. The molecule has 12 heterocycles. The quantitative estimate of drug-likeness (QED) is 0.0391. The van der Waals surface area contributed by atoms with Crippen LogP contribution in [-0.4, -0.2) is 218 Å². The Labute approximate surface area is 782 Å². The van der Waals surface area contributed by atoms with Crippen molar-refractivity contribution in [1.82, 2.24) is 124 Å². The molecule has 4 fully saturated rings. The summed E-state index contributed by atoms with van der Waals surface area (Å²) >= 11 is 0. The zero-order valence-electron chi connectivity index (χ0n) is 78.7. The smallest absolute Gasteiger partial charge is 0.324 e. The first-order chi connectivity index (χ1) is 64.7. The molecular weight excluding hydrogens is 1710 g/mol. The molecule has 3 amide bonds. The number of nitrogens with two attached hydrogens (primary N) is 4. The Hall–Kier alpha value is -15.2. The van der Waals surface area contributed by atoms with Crippen molar-refractivity contribution in [2.45, 2.75) is 142 Å². The van der Waals surface area contributed by atoms with Crippen molar-refractivity contribution in [3.05, 3.63) is 234 Å². The summed E-state index contributed by atoms with van der Waals surface area (Å²) in [6.45, 7) is 21.2. The minimum Gasteiger partial charge on any atom is -0.384 e. The van der Waals surface area contributed by atoms with Crippen molar-refractivity contribution in [2.75, 3.05) is 103 Å². The van der Waals surface area contributed by atoms with E-state index in [9.17, 15) is 14.4 Å². The van der Waals surface area contributed by atoms with Crippen LogP contribution in [0, 0.1) is 37.5 Å². The third-order valence-corrected chi connectivity index (χ3v) is 26.8. The lowest BCUT2D eigenvalue weighted by atomic mass is 9.62. The van der Waals surface area contributed by atoms with Gasteiger partial charge in [-0.3, -0.25) is 33.4 Å². The summed E-state index contributed by atoms with van der Waals surface area (Å²) in [5.74, 6) is 6.74. The van der Waals surface area contributed by atoms with Gasteiger partial charge in [-0.1, -0.05) is 138 Å². The fourth-order valence-corrected chi connectivity index (χ4v) is 17.0. The average Bonchev–Trinajstić information content (AvgIpc) is 1.35. The number of aromatic nitrogens is 21. The summed E-state index contributed by atoms with van der Waals surface area (Å²) in [5.41, 5.74) is 37.3. The van der Waals surface area contributed by atoms with Crippen molar-refractivity contribution in [3.8, 4) is 79.0 Å². The number of hydrogen-bond donors (Lipinski definition) is 4. The van der Waals surface area contributed by atoms with Crippen LogP contribution in [0.25, 0.3) is 79.0 Å². The number of anilines is 5. The van der Waals surface area contributed by atoms with Gasteiger partial charge in [-0.05, 0) is 162 Å². The number of carbonyl (C=O) groups is 3. The zero-order valence-corrected chi connectivity index (χ0v) is 78.7.